The maximum atomic E-state index is 9.50. The molecular weight excluding hydrogens is 188 g/mol. The minimum atomic E-state index is 0.151. The van der Waals surface area contributed by atoms with E-state index in [1.807, 2.05) is 37.3 Å². The fourth-order valence-electron chi connectivity index (χ4n) is 1.28. The third kappa shape index (κ3) is 2.29. The second kappa shape index (κ2) is 4.05. The zero-order valence-corrected chi connectivity index (χ0v) is 8.47. The molecule has 15 heavy (non-hydrogen) atoms. The lowest BCUT2D eigenvalue weighted by atomic mass is 10.2. The van der Waals surface area contributed by atoms with Crippen molar-refractivity contribution in [3.8, 4) is 17.2 Å². The van der Waals surface area contributed by atoms with Crippen molar-refractivity contribution in [2.24, 2.45) is 0 Å². The summed E-state index contributed by atoms with van der Waals surface area (Å²) in [4.78, 5) is 0. The maximum Gasteiger partial charge on any atom is 0.169 e. The highest BCUT2D eigenvalue weighted by Crippen LogP contribution is 2.29. The molecule has 0 saturated carbocycles. The van der Waals surface area contributed by atoms with E-state index in [-0.39, 0.29) is 5.75 Å². The Bertz CT molecular complexity index is 446. The monoisotopic (exact) mass is 200 g/mol. The molecule has 2 aromatic rings. The summed E-state index contributed by atoms with van der Waals surface area (Å²) in [5.41, 5.74) is 1.18. The normalized spacial score (nSPS) is 9.93. The summed E-state index contributed by atoms with van der Waals surface area (Å²) in [6.45, 7) is 2.02. The molecule has 0 unspecified atom stereocenters. The number of ether oxygens (including phenoxy) is 1. The molecule has 2 nitrogen and oxygen atoms in total. The van der Waals surface area contributed by atoms with Crippen molar-refractivity contribution < 1.29 is 9.84 Å². The van der Waals surface area contributed by atoms with Crippen LogP contribution in [0.4, 0.5) is 0 Å². The zero-order valence-electron chi connectivity index (χ0n) is 8.47. The molecule has 2 aromatic carbocycles. The molecular formula is C13H12O2. The second-order valence-electron chi connectivity index (χ2n) is 3.38. The van der Waals surface area contributed by atoms with Crippen molar-refractivity contribution in [2.45, 2.75) is 6.92 Å². The second-order valence-corrected chi connectivity index (χ2v) is 3.38. The Morgan fingerprint density at radius 2 is 1.60 bits per heavy atom. The smallest absolute Gasteiger partial charge is 0.169 e. The van der Waals surface area contributed by atoms with Gasteiger partial charge >= 0.3 is 0 Å². The highest BCUT2D eigenvalue weighted by Gasteiger charge is 2.01. The fourth-order valence-corrected chi connectivity index (χ4v) is 1.28. The van der Waals surface area contributed by atoms with E-state index in [2.05, 4.69) is 0 Å². The molecule has 2 rings (SSSR count). The van der Waals surface area contributed by atoms with Crippen LogP contribution < -0.4 is 4.74 Å². The standard InChI is InChI=1S/C13H12O2/c1-10-6-8-11(9-7-10)15-13-5-3-2-4-12(13)14/h2-9,14H,1H3. The molecule has 76 valence electrons. The van der Waals surface area contributed by atoms with Crippen LogP contribution in [0.1, 0.15) is 5.56 Å². The molecule has 0 atom stereocenters. The van der Waals surface area contributed by atoms with Gasteiger partial charge in [-0.3, -0.25) is 0 Å². The van der Waals surface area contributed by atoms with Gasteiger partial charge in [0, 0.05) is 0 Å². The lowest BCUT2D eigenvalue weighted by Gasteiger charge is -2.06. The number of para-hydroxylation sites is 2. The third-order valence-corrected chi connectivity index (χ3v) is 2.11. The largest absolute Gasteiger partial charge is 0.504 e. The molecule has 0 fully saturated rings. The number of aryl methyl sites for hydroxylation is 1. The predicted molar refractivity (Wildman–Crippen MR) is 59.4 cm³/mol. The quantitative estimate of drug-likeness (QED) is 0.804. The zero-order chi connectivity index (χ0) is 10.7. The van der Waals surface area contributed by atoms with Crippen LogP contribution in [0.2, 0.25) is 0 Å². The van der Waals surface area contributed by atoms with Crippen molar-refractivity contribution in [1.29, 1.82) is 0 Å². The Hall–Kier alpha value is -1.96. The van der Waals surface area contributed by atoms with Gasteiger partial charge < -0.3 is 9.84 Å². The van der Waals surface area contributed by atoms with Gasteiger partial charge in [0.2, 0.25) is 0 Å². The Labute approximate surface area is 88.8 Å². The highest BCUT2D eigenvalue weighted by atomic mass is 16.5. The molecule has 0 saturated heterocycles. The molecule has 2 heteroatoms. The number of hydrogen-bond acceptors (Lipinski definition) is 2. The molecule has 0 amide bonds. The third-order valence-electron chi connectivity index (χ3n) is 2.11. The SMILES string of the molecule is Cc1ccc(Oc2ccccc2O)cc1. The average molecular weight is 200 g/mol. The maximum absolute atomic E-state index is 9.50. The molecule has 0 heterocycles. The van der Waals surface area contributed by atoms with E-state index in [1.165, 1.54) is 5.56 Å². The van der Waals surface area contributed by atoms with E-state index in [4.69, 9.17) is 4.74 Å². The first-order valence-electron chi connectivity index (χ1n) is 4.78. The van der Waals surface area contributed by atoms with E-state index in [1.54, 1.807) is 18.2 Å². The topological polar surface area (TPSA) is 29.5 Å². The lowest BCUT2D eigenvalue weighted by molar-refractivity contribution is 0.411. The van der Waals surface area contributed by atoms with Crippen molar-refractivity contribution in [2.75, 3.05) is 0 Å². The number of phenolic OH excluding ortho intramolecular Hbond substituents is 1. The molecule has 0 aromatic heterocycles. The first-order chi connectivity index (χ1) is 7.25. The van der Waals surface area contributed by atoms with Crippen LogP contribution in [-0.4, -0.2) is 5.11 Å². The number of benzene rings is 2. The van der Waals surface area contributed by atoms with Crippen LogP contribution in [-0.2, 0) is 0 Å². The van der Waals surface area contributed by atoms with Crippen LogP contribution in [0.15, 0.2) is 48.5 Å². The van der Waals surface area contributed by atoms with Crippen molar-refractivity contribution in [1.82, 2.24) is 0 Å². The van der Waals surface area contributed by atoms with Gasteiger partial charge in [0.05, 0.1) is 0 Å². The van der Waals surface area contributed by atoms with Gasteiger partial charge in [-0.15, -0.1) is 0 Å². The lowest BCUT2D eigenvalue weighted by Crippen LogP contribution is -1.84. The average Bonchev–Trinajstić information content (AvgIpc) is 2.25. The van der Waals surface area contributed by atoms with E-state index < -0.39 is 0 Å². The Morgan fingerprint density at radius 1 is 0.933 bits per heavy atom. The minimum Gasteiger partial charge on any atom is -0.504 e. The first-order valence-corrected chi connectivity index (χ1v) is 4.78. The highest BCUT2D eigenvalue weighted by molar-refractivity contribution is 5.41. The van der Waals surface area contributed by atoms with Crippen molar-refractivity contribution >= 4 is 0 Å². The van der Waals surface area contributed by atoms with Gasteiger partial charge in [-0.1, -0.05) is 29.8 Å². The summed E-state index contributed by atoms with van der Waals surface area (Å²) in [5, 5.41) is 9.50. The number of aromatic hydroxyl groups is 1. The van der Waals surface area contributed by atoms with E-state index in [0.717, 1.165) is 5.75 Å². The van der Waals surface area contributed by atoms with Crippen molar-refractivity contribution in [3.05, 3.63) is 54.1 Å². The summed E-state index contributed by atoms with van der Waals surface area (Å²) in [6.07, 6.45) is 0. The van der Waals surface area contributed by atoms with Gasteiger partial charge in [0.25, 0.3) is 0 Å². The summed E-state index contributed by atoms with van der Waals surface area (Å²) < 4.78 is 5.51. The van der Waals surface area contributed by atoms with E-state index in [0.29, 0.717) is 5.75 Å². The molecule has 0 spiro atoms. The molecule has 0 bridgehead atoms. The van der Waals surface area contributed by atoms with Crippen LogP contribution in [0.3, 0.4) is 0 Å². The Morgan fingerprint density at radius 3 is 2.27 bits per heavy atom. The summed E-state index contributed by atoms with van der Waals surface area (Å²) >= 11 is 0. The van der Waals surface area contributed by atoms with Gasteiger partial charge in [-0.2, -0.15) is 0 Å². The molecule has 0 aliphatic carbocycles. The summed E-state index contributed by atoms with van der Waals surface area (Å²) in [7, 11) is 0. The fraction of sp³-hybridized carbons (Fsp3) is 0.0769. The van der Waals surface area contributed by atoms with E-state index in [9.17, 15) is 5.11 Å². The number of hydrogen-bond donors (Lipinski definition) is 1. The van der Waals surface area contributed by atoms with Gasteiger partial charge in [0.15, 0.2) is 11.5 Å². The molecule has 0 aliphatic rings. The molecule has 1 N–H and O–H groups in total. The predicted octanol–water partition coefficient (Wildman–Crippen LogP) is 3.49. The first kappa shape index (κ1) is 9.59. The summed E-state index contributed by atoms with van der Waals surface area (Å²) in [6, 6.07) is 14.6. The number of rotatable bonds is 2. The Kier molecular flexibility index (Phi) is 2.59. The summed E-state index contributed by atoms with van der Waals surface area (Å²) in [5.74, 6) is 1.35. The van der Waals surface area contributed by atoms with Crippen LogP contribution in [0, 0.1) is 6.92 Å². The molecule has 0 radical (unpaired) electrons. The Balaban J connectivity index is 2.22. The number of phenols is 1. The molecule has 0 aliphatic heterocycles. The van der Waals surface area contributed by atoms with Crippen LogP contribution >= 0.6 is 0 Å². The van der Waals surface area contributed by atoms with Gasteiger partial charge in [-0.25, -0.2) is 0 Å². The van der Waals surface area contributed by atoms with Crippen LogP contribution in [0.25, 0.3) is 0 Å². The van der Waals surface area contributed by atoms with Gasteiger partial charge in [-0.05, 0) is 31.2 Å². The van der Waals surface area contributed by atoms with Crippen molar-refractivity contribution in [3.63, 3.8) is 0 Å². The van der Waals surface area contributed by atoms with Crippen LogP contribution in [0.5, 0.6) is 17.2 Å². The minimum absolute atomic E-state index is 0.151. The van der Waals surface area contributed by atoms with Gasteiger partial charge in [0.1, 0.15) is 5.75 Å². The van der Waals surface area contributed by atoms with E-state index >= 15 is 0 Å².